The van der Waals surface area contributed by atoms with Crippen molar-refractivity contribution in [1.82, 2.24) is 5.32 Å². The first-order chi connectivity index (χ1) is 10.1. The molecular weight excluding hydrogens is 350 g/mol. The summed E-state index contributed by atoms with van der Waals surface area (Å²) in [6, 6.07) is 13.4. The number of nitrogens with one attached hydrogen (secondary N) is 1. The molecular formula is C16H16BrNO2S. The van der Waals surface area contributed by atoms with Crippen molar-refractivity contribution >= 4 is 34.5 Å². The molecule has 0 atom stereocenters. The molecule has 0 spiro atoms. The fourth-order valence-corrected chi connectivity index (χ4v) is 2.54. The predicted octanol–water partition coefficient (Wildman–Crippen LogP) is 3.81. The van der Waals surface area contributed by atoms with E-state index in [-0.39, 0.29) is 5.97 Å². The monoisotopic (exact) mass is 365 g/mol. The van der Waals surface area contributed by atoms with E-state index in [1.54, 1.807) is 12.1 Å². The molecule has 2 aromatic rings. The van der Waals surface area contributed by atoms with Gasteiger partial charge in [0.1, 0.15) is 0 Å². The lowest BCUT2D eigenvalue weighted by atomic mass is 10.1. The third-order valence-corrected chi connectivity index (χ3v) is 3.99. The van der Waals surface area contributed by atoms with Gasteiger partial charge in [-0.05, 0) is 41.5 Å². The van der Waals surface area contributed by atoms with Crippen molar-refractivity contribution in [2.24, 2.45) is 0 Å². The number of rotatable bonds is 5. The number of esters is 1. The van der Waals surface area contributed by atoms with Crippen LogP contribution < -0.4 is 5.32 Å². The molecule has 5 heteroatoms. The highest BCUT2D eigenvalue weighted by Crippen LogP contribution is 2.19. The molecule has 0 bridgehead atoms. The minimum atomic E-state index is -0.316. The van der Waals surface area contributed by atoms with Gasteiger partial charge in [-0.15, -0.1) is 12.6 Å². The number of hydrogen-bond acceptors (Lipinski definition) is 4. The van der Waals surface area contributed by atoms with E-state index in [1.165, 1.54) is 7.11 Å². The maximum Gasteiger partial charge on any atom is 0.337 e. The maximum absolute atomic E-state index is 11.3. The lowest BCUT2D eigenvalue weighted by Crippen LogP contribution is -2.13. The normalized spacial score (nSPS) is 10.4. The summed E-state index contributed by atoms with van der Waals surface area (Å²) in [6.07, 6.45) is 0. The molecule has 21 heavy (non-hydrogen) atoms. The zero-order valence-corrected chi connectivity index (χ0v) is 14.1. The van der Waals surface area contributed by atoms with E-state index in [9.17, 15) is 4.79 Å². The number of hydrogen-bond donors (Lipinski definition) is 2. The SMILES string of the molecule is COC(=O)c1ccc(CNCc2cc(Br)ccc2S)cc1. The van der Waals surface area contributed by atoms with Crippen LogP contribution in [0.15, 0.2) is 51.8 Å². The standard InChI is InChI=1S/C16H16BrNO2S/c1-20-16(19)12-4-2-11(3-5-12)9-18-10-13-8-14(17)6-7-15(13)21/h2-8,18,21H,9-10H2,1H3. The summed E-state index contributed by atoms with van der Waals surface area (Å²) in [5, 5.41) is 3.36. The zero-order chi connectivity index (χ0) is 15.2. The number of halogens is 1. The van der Waals surface area contributed by atoms with Crippen LogP contribution in [0.4, 0.5) is 0 Å². The highest BCUT2D eigenvalue weighted by molar-refractivity contribution is 9.10. The van der Waals surface area contributed by atoms with Gasteiger partial charge >= 0.3 is 5.97 Å². The van der Waals surface area contributed by atoms with Crippen LogP contribution in [0.1, 0.15) is 21.5 Å². The van der Waals surface area contributed by atoms with Crippen LogP contribution in [0.5, 0.6) is 0 Å². The molecule has 1 N–H and O–H groups in total. The third-order valence-electron chi connectivity index (χ3n) is 3.06. The summed E-state index contributed by atoms with van der Waals surface area (Å²) in [6.45, 7) is 1.46. The topological polar surface area (TPSA) is 38.3 Å². The van der Waals surface area contributed by atoms with Gasteiger partial charge in [0.15, 0.2) is 0 Å². The average molecular weight is 366 g/mol. The van der Waals surface area contributed by atoms with Crippen LogP contribution in [-0.4, -0.2) is 13.1 Å². The van der Waals surface area contributed by atoms with Gasteiger partial charge in [-0.2, -0.15) is 0 Å². The van der Waals surface area contributed by atoms with E-state index in [1.807, 2.05) is 24.3 Å². The van der Waals surface area contributed by atoms with Gasteiger partial charge in [0.2, 0.25) is 0 Å². The van der Waals surface area contributed by atoms with Crippen LogP contribution in [0, 0.1) is 0 Å². The van der Waals surface area contributed by atoms with E-state index in [0.29, 0.717) is 5.56 Å². The highest BCUT2D eigenvalue weighted by Gasteiger charge is 2.04. The van der Waals surface area contributed by atoms with Crippen molar-refractivity contribution in [2.45, 2.75) is 18.0 Å². The predicted molar refractivity (Wildman–Crippen MR) is 89.7 cm³/mol. The number of ether oxygens (including phenoxy) is 1. The molecule has 2 aromatic carbocycles. The van der Waals surface area contributed by atoms with Gasteiger partial charge in [0.05, 0.1) is 12.7 Å². The van der Waals surface area contributed by atoms with Crippen molar-refractivity contribution in [3.63, 3.8) is 0 Å². The molecule has 3 nitrogen and oxygen atoms in total. The Morgan fingerprint density at radius 3 is 2.57 bits per heavy atom. The molecule has 0 amide bonds. The van der Waals surface area contributed by atoms with E-state index >= 15 is 0 Å². The van der Waals surface area contributed by atoms with Crippen LogP contribution in [-0.2, 0) is 17.8 Å². The fraction of sp³-hybridized carbons (Fsp3) is 0.188. The Hall–Kier alpha value is -1.30. The lowest BCUT2D eigenvalue weighted by molar-refractivity contribution is 0.0600. The smallest absolute Gasteiger partial charge is 0.337 e. The van der Waals surface area contributed by atoms with Crippen molar-refractivity contribution in [3.05, 3.63) is 63.6 Å². The summed E-state index contributed by atoms with van der Waals surface area (Å²) in [7, 11) is 1.38. The zero-order valence-electron chi connectivity index (χ0n) is 11.6. The van der Waals surface area contributed by atoms with Crippen molar-refractivity contribution in [3.8, 4) is 0 Å². The van der Waals surface area contributed by atoms with Gasteiger partial charge < -0.3 is 10.1 Å². The van der Waals surface area contributed by atoms with Gasteiger partial charge in [-0.25, -0.2) is 4.79 Å². The Morgan fingerprint density at radius 2 is 1.90 bits per heavy atom. The number of methoxy groups -OCH3 is 1. The molecule has 0 saturated heterocycles. The van der Waals surface area contributed by atoms with E-state index in [4.69, 9.17) is 0 Å². The fourth-order valence-electron chi connectivity index (χ4n) is 1.91. The second-order valence-corrected chi connectivity index (χ2v) is 5.96. The lowest BCUT2D eigenvalue weighted by Gasteiger charge is -2.08. The van der Waals surface area contributed by atoms with E-state index in [0.717, 1.165) is 33.6 Å². The molecule has 0 aromatic heterocycles. The summed E-state index contributed by atoms with van der Waals surface area (Å²) in [5.74, 6) is -0.316. The molecule has 0 aliphatic rings. The van der Waals surface area contributed by atoms with Crippen LogP contribution in [0.25, 0.3) is 0 Å². The van der Waals surface area contributed by atoms with Crippen LogP contribution in [0.2, 0.25) is 0 Å². The Morgan fingerprint density at radius 1 is 1.19 bits per heavy atom. The molecule has 0 fully saturated rings. The Balaban J connectivity index is 1.91. The number of thiol groups is 1. The second kappa shape index (κ2) is 7.64. The van der Waals surface area contributed by atoms with Gasteiger partial charge in [0.25, 0.3) is 0 Å². The molecule has 0 heterocycles. The number of benzene rings is 2. The Bertz CT molecular complexity index is 629. The molecule has 0 aliphatic carbocycles. The number of carbonyl (C=O) groups is 1. The summed E-state index contributed by atoms with van der Waals surface area (Å²) in [5.41, 5.74) is 2.81. The maximum atomic E-state index is 11.3. The first kappa shape index (κ1) is 16.1. The second-order valence-electron chi connectivity index (χ2n) is 4.57. The molecule has 0 radical (unpaired) electrons. The first-order valence-corrected chi connectivity index (χ1v) is 7.69. The van der Waals surface area contributed by atoms with Crippen molar-refractivity contribution < 1.29 is 9.53 Å². The summed E-state index contributed by atoms with van der Waals surface area (Å²) in [4.78, 5) is 12.3. The van der Waals surface area contributed by atoms with Crippen LogP contribution in [0.3, 0.4) is 0 Å². The molecule has 0 unspecified atom stereocenters. The quantitative estimate of drug-likeness (QED) is 0.624. The van der Waals surface area contributed by atoms with Gasteiger partial charge in [0, 0.05) is 22.5 Å². The Kier molecular flexibility index (Phi) is 5.85. The van der Waals surface area contributed by atoms with Crippen molar-refractivity contribution in [2.75, 3.05) is 7.11 Å². The van der Waals surface area contributed by atoms with E-state index < -0.39 is 0 Å². The molecule has 0 aliphatic heterocycles. The van der Waals surface area contributed by atoms with E-state index in [2.05, 4.69) is 44.7 Å². The molecule has 2 rings (SSSR count). The average Bonchev–Trinajstić information content (AvgIpc) is 2.50. The molecule has 0 saturated carbocycles. The van der Waals surface area contributed by atoms with Gasteiger partial charge in [-0.1, -0.05) is 28.1 Å². The van der Waals surface area contributed by atoms with Crippen LogP contribution >= 0.6 is 28.6 Å². The largest absolute Gasteiger partial charge is 0.465 e. The number of carbonyl (C=O) groups excluding carboxylic acids is 1. The Labute approximate surface area is 138 Å². The summed E-state index contributed by atoms with van der Waals surface area (Å²) < 4.78 is 5.71. The third kappa shape index (κ3) is 4.59. The molecule has 110 valence electrons. The minimum Gasteiger partial charge on any atom is -0.465 e. The minimum absolute atomic E-state index is 0.316. The van der Waals surface area contributed by atoms with Gasteiger partial charge in [-0.3, -0.25) is 0 Å². The highest BCUT2D eigenvalue weighted by atomic mass is 79.9. The van der Waals surface area contributed by atoms with Crippen molar-refractivity contribution in [1.29, 1.82) is 0 Å². The first-order valence-electron chi connectivity index (χ1n) is 6.45. The summed E-state index contributed by atoms with van der Waals surface area (Å²) >= 11 is 7.90.